The minimum atomic E-state index is -4.62. The zero-order chi connectivity index (χ0) is 26.5. The molecule has 1 aliphatic carbocycles. The quantitative estimate of drug-likeness (QED) is 0.218. The van der Waals surface area contributed by atoms with Gasteiger partial charge in [0.1, 0.15) is 4.90 Å². The number of aryl methyl sites for hydroxylation is 1. The van der Waals surface area contributed by atoms with E-state index in [4.69, 9.17) is 5.73 Å². The lowest BCUT2D eigenvalue weighted by Gasteiger charge is -2.24. The van der Waals surface area contributed by atoms with E-state index in [9.17, 15) is 22.6 Å². The molecule has 0 bridgehead atoms. The van der Waals surface area contributed by atoms with E-state index < -0.39 is 10.1 Å². The molecule has 186 valence electrons. The van der Waals surface area contributed by atoms with Crippen molar-refractivity contribution in [3.05, 3.63) is 107 Å². The monoisotopic (exact) mass is 513 g/mol. The van der Waals surface area contributed by atoms with Gasteiger partial charge >= 0.3 is 0 Å². The van der Waals surface area contributed by atoms with E-state index in [0.29, 0.717) is 16.9 Å². The van der Waals surface area contributed by atoms with Crippen LogP contribution in [0.25, 0.3) is 0 Å². The van der Waals surface area contributed by atoms with Crippen LogP contribution in [0.2, 0.25) is 0 Å². The maximum Gasteiger partial charge on any atom is 0.296 e. The minimum absolute atomic E-state index is 0.113. The van der Waals surface area contributed by atoms with Crippen LogP contribution in [-0.2, 0) is 10.1 Å². The van der Waals surface area contributed by atoms with E-state index in [1.54, 1.807) is 61.3 Å². The van der Waals surface area contributed by atoms with Crippen molar-refractivity contribution in [1.29, 1.82) is 0 Å². The Kier molecular flexibility index (Phi) is 5.82. The second kappa shape index (κ2) is 8.88. The van der Waals surface area contributed by atoms with Gasteiger partial charge in [0.15, 0.2) is 11.6 Å². The summed E-state index contributed by atoms with van der Waals surface area (Å²) in [5.41, 5.74) is 9.40. The van der Waals surface area contributed by atoms with Crippen molar-refractivity contribution in [2.45, 2.75) is 11.8 Å². The fourth-order valence-electron chi connectivity index (χ4n) is 4.57. The number of benzene rings is 4. The SMILES string of the molecule is Cc1cc(Nc2ccc(N(C)c3ccccc3)c(S(=O)(=O)O)c2)c2c(c1N)C(=O)c1ccccc1C2=O. The Hall–Kier alpha value is -4.47. The molecule has 4 aromatic rings. The Morgan fingerprint density at radius 2 is 1.43 bits per heavy atom. The Balaban J connectivity index is 1.63. The number of hydrogen-bond acceptors (Lipinski definition) is 7. The van der Waals surface area contributed by atoms with Crippen LogP contribution in [0.1, 0.15) is 37.4 Å². The van der Waals surface area contributed by atoms with Crippen LogP contribution in [-0.4, -0.2) is 31.6 Å². The van der Waals surface area contributed by atoms with Crippen molar-refractivity contribution in [2.75, 3.05) is 23.0 Å². The number of anilines is 5. The molecular formula is C28H23N3O5S. The number of nitrogens with one attached hydrogen (secondary N) is 1. The summed E-state index contributed by atoms with van der Waals surface area (Å²) in [6.07, 6.45) is 0. The number of hydrogen-bond donors (Lipinski definition) is 3. The molecule has 5 rings (SSSR count). The van der Waals surface area contributed by atoms with Gasteiger partial charge in [0.2, 0.25) is 0 Å². The number of rotatable bonds is 5. The van der Waals surface area contributed by atoms with E-state index in [0.717, 1.165) is 5.69 Å². The third-order valence-corrected chi connectivity index (χ3v) is 7.35. The number of fused-ring (bicyclic) bond motifs is 2. The zero-order valence-corrected chi connectivity index (χ0v) is 20.8. The number of ketones is 2. The molecule has 0 radical (unpaired) electrons. The molecule has 0 aliphatic heterocycles. The number of carbonyl (C=O) groups is 2. The van der Waals surface area contributed by atoms with Gasteiger partial charge in [-0.05, 0) is 48.9 Å². The molecule has 0 saturated heterocycles. The Morgan fingerprint density at radius 1 is 0.838 bits per heavy atom. The Labute approximate surface area is 214 Å². The van der Waals surface area contributed by atoms with Crippen LogP contribution < -0.4 is 16.0 Å². The first-order valence-electron chi connectivity index (χ1n) is 11.4. The molecule has 37 heavy (non-hydrogen) atoms. The summed E-state index contributed by atoms with van der Waals surface area (Å²) in [6.45, 7) is 1.72. The smallest absolute Gasteiger partial charge is 0.296 e. The standard InChI is InChI=1S/C28H23N3O5S/c1-16-14-21(24-25(26(16)29)28(33)20-11-7-6-10-19(20)27(24)32)30-17-12-13-22(23(15-17)37(34,35)36)31(2)18-8-4-3-5-9-18/h3-15,30H,29H2,1-2H3,(H,34,35,36). The van der Waals surface area contributed by atoms with Crippen LogP contribution in [0.15, 0.2) is 83.8 Å². The molecule has 0 unspecified atom stereocenters. The molecule has 0 spiro atoms. The molecule has 0 atom stereocenters. The number of para-hydroxylation sites is 1. The van der Waals surface area contributed by atoms with Gasteiger partial charge < -0.3 is 16.0 Å². The number of nitrogen functional groups attached to an aromatic ring is 1. The van der Waals surface area contributed by atoms with Crippen molar-refractivity contribution < 1.29 is 22.6 Å². The van der Waals surface area contributed by atoms with E-state index in [-0.39, 0.29) is 50.1 Å². The van der Waals surface area contributed by atoms with Crippen molar-refractivity contribution in [1.82, 2.24) is 0 Å². The van der Waals surface area contributed by atoms with Crippen LogP contribution in [0.4, 0.5) is 28.4 Å². The average molecular weight is 514 g/mol. The zero-order valence-electron chi connectivity index (χ0n) is 20.0. The summed E-state index contributed by atoms with van der Waals surface area (Å²) in [6, 6.07) is 21.7. The molecule has 4 N–H and O–H groups in total. The van der Waals surface area contributed by atoms with E-state index in [1.165, 1.54) is 6.07 Å². The summed E-state index contributed by atoms with van der Waals surface area (Å²) in [5, 5.41) is 3.08. The molecule has 0 heterocycles. The van der Waals surface area contributed by atoms with E-state index in [2.05, 4.69) is 5.32 Å². The van der Waals surface area contributed by atoms with Crippen LogP contribution in [0, 0.1) is 6.92 Å². The first-order valence-corrected chi connectivity index (χ1v) is 12.8. The normalized spacial score (nSPS) is 12.6. The lowest BCUT2D eigenvalue weighted by atomic mass is 9.81. The maximum atomic E-state index is 13.5. The fourth-order valence-corrected chi connectivity index (χ4v) is 5.32. The number of carbonyl (C=O) groups excluding carboxylic acids is 2. The van der Waals surface area contributed by atoms with Crippen molar-refractivity contribution in [3.63, 3.8) is 0 Å². The maximum absolute atomic E-state index is 13.5. The molecule has 9 heteroatoms. The predicted molar refractivity (Wildman–Crippen MR) is 143 cm³/mol. The topological polar surface area (TPSA) is 130 Å². The van der Waals surface area contributed by atoms with Crippen molar-refractivity contribution >= 4 is 50.1 Å². The molecule has 0 amide bonds. The first-order chi connectivity index (χ1) is 17.6. The lowest BCUT2D eigenvalue weighted by Crippen LogP contribution is -2.24. The van der Waals surface area contributed by atoms with E-state index in [1.807, 2.05) is 30.3 Å². The summed E-state index contributed by atoms with van der Waals surface area (Å²) in [5.74, 6) is -0.720. The second-order valence-electron chi connectivity index (χ2n) is 8.79. The number of nitrogens with two attached hydrogens (primary N) is 1. The first kappa shape index (κ1) is 24.2. The van der Waals surface area contributed by atoms with Gasteiger partial charge in [0.05, 0.1) is 22.5 Å². The van der Waals surface area contributed by atoms with Crippen LogP contribution >= 0.6 is 0 Å². The molecule has 0 fully saturated rings. The molecule has 0 saturated carbocycles. The molecule has 0 aromatic heterocycles. The van der Waals surface area contributed by atoms with Crippen molar-refractivity contribution in [3.8, 4) is 0 Å². The average Bonchev–Trinajstić information content (AvgIpc) is 2.89. The molecular weight excluding hydrogens is 490 g/mol. The van der Waals surface area contributed by atoms with Crippen LogP contribution in [0.5, 0.6) is 0 Å². The summed E-state index contributed by atoms with van der Waals surface area (Å²) in [4.78, 5) is 28.1. The predicted octanol–water partition coefficient (Wildman–Crippen LogP) is 5.11. The lowest BCUT2D eigenvalue weighted by molar-refractivity contribution is 0.0980. The van der Waals surface area contributed by atoms with Crippen molar-refractivity contribution in [2.24, 2.45) is 0 Å². The largest absolute Gasteiger partial charge is 0.398 e. The highest BCUT2D eigenvalue weighted by Crippen LogP contribution is 2.39. The van der Waals surface area contributed by atoms with Gasteiger partial charge in [-0.2, -0.15) is 8.42 Å². The summed E-state index contributed by atoms with van der Waals surface area (Å²) >= 11 is 0. The summed E-state index contributed by atoms with van der Waals surface area (Å²) < 4.78 is 34.7. The summed E-state index contributed by atoms with van der Waals surface area (Å²) in [7, 11) is -2.93. The van der Waals surface area contributed by atoms with Crippen LogP contribution in [0.3, 0.4) is 0 Å². The molecule has 8 nitrogen and oxygen atoms in total. The second-order valence-corrected chi connectivity index (χ2v) is 10.2. The highest BCUT2D eigenvalue weighted by molar-refractivity contribution is 7.86. The molecule has 4 aromatic carbocycles. The Morgan fingerprint density at radius 3 is 2.05 bits per heavy atom. The van der Waals surface area contributed by atoms with Gasteiger partial charge in [-0.25, -0.2) is 0 Å². The highest BCUT2D eigenvalue weighted by atomic mass is 32.2. The highest BCUT2D eigenvalue weighted by Gasteiger charge is 2.34. The fraction of sp³-hybridized carbons (Fsp3) is 0.0714. The number of nitrogens with zero attached hydrogens (tertiary/aromatic N) is 1. The van der Waals surface area contributed by atoms with E-state index >= 15 is 0 Å². The third-order valence-electron chi connectivity index (χ3n) is 6.47. The van der Waals surface area contributed by atoms with Gasteiger partial charge in [0, 0.05) is 35.2 Å². The minimum Gasteiger partial charge on any atom is -0.398 e. The Bertz CT molecular complexity index is 1700. The molecule has 1 aliphatic rings. The van der Waals surface area contributed by atoms with Gasteiger partial charge in [-0.3, -0.25) is 14.1 Å². The van der Waals surface area contributed by atoms with Gasteiger partial charge in [0.25, 0.3) is 10.1 Å². The van der Waals surface area contributed by atoms with Gasteiger partial charge in [-0.1, -0.05) is 42.5 Å². The van der Waals surface area contributed by atoms with Gasteiger partial charge in [-0.15, -0.1) is 0 Å². The third kappa shape index (κ3) is 4.14.